The van der Waals surface area contributed by atoms with Crippen molar-refractivity contribution in [1.29, 1.82) is 0 Å². The van der Waals surface area contributed by atoms with Gasteiger partial charge in [-0.2, -0.15) is 5.10 Å². The number of hydrogen-bond donors (Lipinski definition) is 2. The minimum atomic E-state index is -0.695. The standard InChI is InChI=1S/C14H19N3O3/c1-10-8-11(2)17(16-10)9-14(19)15-6-5-12(18)13-4-3-7-20-13/h3-4,7-8,12,18H,5-6,9H2,1-2H3,(H,15,19)/t12-/m1/s1. The molecule has 2 N–H and O–H groups in total. The van der Waals surface area contributed by atoms with Gasteiger partial charge < -0.3 is 14.8 Å². The zero-order valence-corrected chi connectivity index (χ0v) is 11.7. The van der Waals surface area contributed by atoms with Gasteiger partial charge in [-0.3, -0.25) is 9.48 Å². The summed E-state index contributed by atoms with van der Waals surface area (Å²) in [6, 6.07) is 5.36. The Morgan fingerprint density at radius 2 is 2.35 bits per heavy atom. The Balaban J connectivity index is 1.74. The summed E-state index contributed by atoms with van der Waals surface area (Å²) >= 11 is 0. The topological polar surface area (TPSA) is 80.3 Å². The molecule has 2 aromatic heterocycles. The lowest BCUT2D eigenvalue weighted by molar-refractivity contribution is -0.121. The highest BCUT2D eigenvalue weighted by molar-refractivity contribution is 5.75. The van der Waals surface area contributed by atoms with Crippen LogP contribution in [0.4, 0.5) is 0 Å². The van der Waals surface area contributed by atoms with E-state index in [4.69, 9.17) is 4.42 Å². The number of rotatable bonds is 6. The van der Waals surface area contributed by atoms with Gasteiger partial charge in [0, 0.05) is 12.2 Å². The van der Waals surface area contributed by atoms with Crippen molar-refractivity contribution in [3.8, 4) is 0 Å². The fraction of sp³-hybridized carbons (Fsp3) is 0.429. The van der Waals surface area contributed by atoms with Crippen LogP contribution >= 0.6 is 0 Å². The minimum Gasteiger partial charge on any atom is -0.467 e. The van der Waals surface area contributed by atoms with Gasteiger partial charge in [0.1, 0.15) is 18.4 Å². The third-order valence-electron chi connectivity index (χ3n) is 3.01. The smallest absolute Gasteiger partial charge is 0.241 e. The van der Waals surface area contributed by atoms with E-state index in [2.05, 4.69) is 10.4 Å². The van der Waals surface area contributed by atoms with Gasteiger partial charge in [0.25, 0.3) is 0 Å². The summed E-state index contributed by atoms with van der Waals surface area (Å²) in [4.78, 5) is 11.8. The molecule has 0 unspecified atom stereocenters. The second-order valence-corrected chi connectivity index (χ2v) is 4.75. The Morgan fingerprint density at radius 1 is 1.55 bits per heavy atom. The summed E-state index contributed by atoms with van der Waals surface area (Å²) < 4.78 is 6.75. The molecule has 0 aromatic carbocycles. The first kappa shape index (κ1) is 14.3. The number of aliphatic hydroxyl groups is 1. The highest BCUT2D eigenvalue weighted by Gasteiger charge is 2.11. The summed E-state index contributed by atoms with van der Waals surface area (Å²) in [5.74, 6) is 0.389. The molecule has 1 amide bonds. The molecule has 1 atom stereocenters. The maximum absolute atomic E-state index is 11.8. The molecule has 0 aliphatic carbocycles. The lowest BCUT2D eigenvalue weighted by Crippen LogP contribution is -2.30. The molecule has 0 saturated heterocycles. The number of hydrogen-bond acceptors (Lipinski definition) is 4. The zero-order valence-electron chi connectivity index (χ0n) is 11.7. The molecule has 0 aliphatic heterocycles. The Bertz CT molecular complexity index is 560. The minimum absolute atomic E-state index is 0.122. The van der Waals surface area contributed by atoms with E-state index in [1.54, 1.807) is 16.8 Å². The van der Waals surface area contributed by atoms with E-state index in [1.165, 1.54) is 6.26 Å². The first-order valence-corrected chi connectivity index (χ1v) is 6.55. The number of aryl methyl sites for hydroxylation is 2. The van der Waals surface area contributed by atoms with Gasteiger partial charge in [-0.25, -0.2) is 0 Å². The van der Waals surface area contributed by atoms with Gasteiger partial charge >= 0.3 is 0 Å². The Hall–Kier alpha value is -2.08. The maximum atomic E-state index is 11.8. The highest BCUT2D eigenvalue weighted by Crippen LogP contribution is 2.15. The Labute approximate surface area is 117 Å². The van der Waals surface area contributed by atoms with Crippen LogP contribution in [0.2, 0.25) is 0 Å². The van der Waals surface area contributed by atoms with E-state index in [0.717, 1.165) is 11.4 Å². The van der Waals surface area contributed by atoms with E-state index in [9.17, 15) is 9.90 Å². The van der Waals surface area contributed by atoms with Gasteiger partial charge in [0.15, 0.2) is 0 Å². The molecule has 6 heteroatoms. The molecule has 2 rings (SSSR count). The van der Waals surface area contributed by atoms with Crippen LogP contribution < -0.4 is 5.32 Å². The summed E-state index contributed by atoms with van der Waals surface area (Å²) in [6.07, 6.45) is 1.23. The van der Waals surface area contributed by atoms with Crippen molar-refractivity contribution in [2.24, 2.45) is 0 Å². The summed E-state index contributed by atoms with van der Waals surface area (Å²) in [5, 5.41) is 16.8. The van der Waals surface area contributed by atoms with Crippen molar-refractivity contribution in [3.05, 3.63) is 41.6 Å². The van der Waals surface area contributed by atoms with Crippen molar-refractivity contribution in [2.75, 3.05) is 6.54 Å². The van der Waals surface area contributed by atoms with Crippen LogP contribution in [0.3, 0.4) is 0 Å². The predicted octanol–water partition coefficient (Wildman–Crippen LogP) is 1.33. The fourth-order valence-electron chi connectivity index (χ4n) is 2.00. The number of nitrogens with one attached hydrogen (secondary N) is 1. The second-order valence-electron chi connectivity index (χ2n) is 4.75. The van der Waals surface area contributed by atoms with Crippen molar-refractivity contribution in [3.63, 3.8) is 0 Å². The largest absolute Gasteiger partial charge is 0.467 e. The van der Waals surface area contributed by atoms with Crippen LogP contribution in [0.25, 0.3) is 0 Å². The average molecular weight is 277 g/mol. The van der Waals surface area contributed by atoms with Crippen molar-refractivity contribution < 1.29 is 14.3 Å². The maximum Gasteiger partial charge on any atom is 0.241 e. The van der Waals surface area contributed by atoms with Crippen molar-refractivity contribution in [1.82, 2.24) is 15.1 Å². The van der Waals surface area contributed by atoms with Crippen LogP contribution in [0.5, 0.6) is 0 Å². The molecular formula is C14H19N3O3. The molecule has 108 valence electrons. The van der Waals surface area contributed by atoms with E-state index >= 15 is 0 Å². The molecule has 2 heterocycles. The van der Waals surface area contributed by atoms with Gasteiger partial charge in [0.05, 0.1) is 12.0 Å². The normalized spacial score (nSPS) is 12.3. The first-order valence-electron chi connectivity index (χ1n) is 6.55. The lowest BCUT2D eigenvalue weighted by atomic mass is 10.2. The van der Waals surface area contributed by atoms with E-state index in [0.29, 0.717) is 18.7 Å². The molecule has 0 aliphatic rings. The molecule has 0 fully saturated rings. The van der Waals surface area contributed by atoms with Crippen LogP contribution in [-0.2, 0) is 11.3 Å². The van der Waals surface area contributed by atoms with Crippen LogP contribution in [0.15, 0.2) is 28.9 Å². The van der Waals surface area contributed by atoms with Crippen LogP contribution in [0, 0.1) is 13.8 Å². The number of carbonyl (C=O) groups is 1. The lowest BCUT2D eigenvalue weighted by Gasteiger charge is -2.09. The molecule has 0 radical (unpaired) electrons. The number of aromatic nitrogens is 2. The second kappa shape index (κ2) is 6.38. The molecule has 0 saturated carbocycles. The molecular weight excluding hydrogens is 258 g/mol. The quantitative estimate of drug-likeness (QED) is 0.835. The van der Waals surface area contributed by atoms with E-state index in [1.807, 2.05) is 19.9 Å². The third kappa shape index (κ3) is 3.71. The van der Waals surface area contributed by atoms with Gasteiger partial charge in [-0.15, -0.1) is 0 Å². The number of furan rings is 1. The number of carbonyl (C=O) groups excluding carboxylic acids is 1. The van der Waals surface area contributed by atoms with Gasteiger partial charge in [-0.05, 0) is 38.5 Å². The van der Waals surface area contributed by atoms with Crippen molar-refractivity contribution in [2.45, 2.75) is 32.9 Å². The monoisotopic (exact) mass is 277 g/mol. The SMILES string of the molecule is Cc1cc(C)n(CC(=O)NCC[C@@H](O)c2ccco2)n1. The Morgan fingerprint density at radius 3 is 2.95 bits per heavy atom. The zero-order chi connectivity index (χ0) is 14.5. The molecule has 0 bridgehead atoms. The molecule has 0 spiro atoms. The van der Waals surface area contributed by atoms with Crippen molar-refractivity contribution >= 4 is 5.91 Å². The fourth-order valence-corrected chi connectivity index (χ4v) is 2.00. The van der Waals surface area contributed by atoms with E-state index < -0.39 is 6.10 Å². The number of nitrogens with zero attached hydrogens (tertiary/aromatic N) is 2. The first-order chi connectivity index (χ1) is 9.56. The number of aliphatic hydroxyl groups excluding tert-OH is 1. The van der Waals surface area contributed by atoms with Gasteiger partial charge in [-0.1, -0.05) is 0 Å². The number of amides is 1. The van der Waals surface area contributed by atoms with Crippen LogP contribution in [0.1, 0.15) is 29.7 Å². The van der Waals surface area contributed by atoms with E-state index in [-0.39, 0.29) is 12.5 Å². The average Bonchev–Trinajstić information content (AvgIpc) is 3.00. The summed E-state index contributed by atoms with van der Waals surface area (Å²) in [7, 11) is 0. The predicted molar refractivity (Wildman–Crippen MR) is 73.0 cm³/mol. The summed E-state index contributed by atoms with van der Waals surface area (Å²) in [6.45, 7) is 4.38. The molecule has 6 nitrogen and oxygen atoms in total. The third-order valence-corrected chi connectivity index (χ3v) is 3.01. The van der Waals surface area contributed by atoms with Crippen LogP contribution in [-0.4, -0.2) is 27.3 Å². The molecule has 2 aromatic rings. The molecule has 20 heavy (non-hydrogen) atoms. The summed E-state index contributed by atoms with van der Waals surface area (Å²) in [5.41, 5.74) is 1.84. The highest BCUT2D eigenvalue weighted by atomic mass is 16.4. The Kier molecular flexibility index (Phi) is 4.57. The van der Waals surface area contributed by atoms with Gasteiger partial charge in [0.2, 0.25) is 5.91 Å².